The number of nitrogens with zero attached hydrogens (tertiary/aromatic N) is 1. The van der Waals surface area contributed by atoms with Gasteiger partial charge in [0.05, 0.1) is 9.83 Å². The van der Waals surface area contributed by atoms with E-state index in [9.17, 15) is 0 Å². The summed E-state index contributed by atoms with van der Waals surface area (Å²) in [5.74, 6) is 0. The van der Waals surface area contributed by atoms with Crippen LogP contribution in [0, 0.1) is 13.8 Å². The average Bonchev–Trinajstić information content (AvgIpc) is 2.85. The second kappa shape index (κ2) is 6.61. The van der Waals surface area contributed by atoms with Crippen molar-refractivity contribution >= 4 is 27.3 Å². The Bertz CT molecular complexity index is 597. The van der Waals surface area contributed by atoms with Gasteiger partial charge < -0.3 is 5.32 Å². The van der Waals surface area contributed by atoms with Crippen molar-refractivity contribution in [2.45, 2.75) is 19.9 Å². The van der Waals surface area contributed by atoms with Crippen LogP contribution in [-0.2, 0) is 0 Å². The molecule has 3 rings (SSSR count). The molecule has 2 heterocycles. The summed E-state index contributed by atoms with van der Waals surface area (Å²) in [6.45, 7) is 8.74. The lowest BCUT2D eigenvalue weighted by Crippen LogP contribution is -2.45. The fourth-order valence-corrected chi connectivity index (χ4v) is 4.73. The maximum Gasteiger partial charge on any atom is 0.0702 e. The molecule has 0 spiro atoms. The van der Waals surface area contributed by atoms with Crippen LogP contribution in [-0.4, -0.2) is 31.1 Å². The molecule has 1 aliphatic rings. The van der Waals surface area contributed by atoms with Gasteiger partial charge in [0.1, 0.15) is 0 Å². The second-order valence-corrected chi connectivity index (χ2v) is 8.25. The quantitative estimate of drug-likeness (QED) is 0.880. The zero-order chi connectivity index (χ0) is 14.8. The molecule has 1 atom stereocenters. The molecule has 2 nitrogen and oxygen atoms in total. The highest BCUT2D eigenvalue weighted by Gasteiger charge is 2.25. The lowest BCUT2D eigenvalue weighted by atomic mass is 9.98. The molecule has 1 fully saturated rings. The summed E-state index contributed by atoms with van der Waals surface area (Å²) in [5, 5.41) is 3.45. The van der Waals surface area contributed by atoms with Crippen molar-refractivity contribution in [1.82, 2.24) is 10.2 Å². The zero-order valence-electron chi connectivity index (χ0n) is 12.5. The summed E-state index contributed by atoms with van der Waals surface area (Å²) in [6, 6.07) is 11.7. The first-order valence-corrected chi connectivity index (χ1v) is 9.02. The van der Waals surface area contributed by atoms with Crippen LogP contribution in [0.3, 0.4) is 0 Å². The number of nitrogens with one attached hydrogen (secondary N) is 1. The first-order chi connectivity index (χ1) is 10.1. The summed E-state index contributed by atoms with van der Waals surface area (Å²) < 4.78 is 1.21. The van der Waals surface area contributed by atoms with Gasteiger partial charge >= 0.3 is 0 Å². The standard InChI is InChI=1S/C17H21BrN2S/c1-12-9-13(2)11-14(10-12)17(15-3-4-16(18)21-15)20-7-5-19-6-8-20/h3-4,9-11,17,19H,5-8H2,1-2H3. The Morgan fingerprint density at radius 2 is 1.76 bits per heavy atom. The van der Waals surface area contributed by atoms with Crippen LogP contribution in [0.15, 0.2) is 34.1 Å². The predicted molar refractivity (Wildman–Crippen MR) is 94.2 cm³/mol. The summed E-state index contributed by atoms with van der Waals surface area (Å²) >= 11 is 5.46. The molecule has 1 unspecified atom stereocenters. The predicted octanol–water partition coefficient (Wildman–Crippen LogP) is 4.12. The number of hydrogen-bond acceptors (Lipinski definition) is 3. The SMILES string of the molecule is Cc1cc(C)cc(C(c2ccc(Br)s2)N2CCNCC2)c1. The van der Waals surface area contributed by atoms with E-state index in [1.807, 2.05) is 11.3 Å². The van der Waals surface area contributed by atoms with Crippen LogP contribution in [0.4, 0.5) is 0 Å². The Morgan fingerprint density at radius 1 is 1.10 bits per heavy atom. The number of piperazine rings is 1. The fourth-order valence-electron chi connectivity index (χ4n) is 3.14. The highest BCUT2D eigenvalue weighted by Crippen LogP contribution is 2.36. The molecule has 4 heteroatoms. The first-order valence-electron chi connectivity index (χ1n) is 7.42. The van der Waals surface area contributed by atoms with E-state index in [0.717, 1.165) is 26.2 Å². The van der Waals surface area contributed by atoms with Crippen molar-refractivity contribution in [3.8, 4) is 0 Å². The van der Waals surface area contributed by atoms with E-state index in [1.54, 1.807) is 0 Å². The number of benzene rings is 1. The lowest BCUT2D eigenvalue weighted by molar-refractivity contribution is 0.200. The largest absolute Gasteiger partial charge is 0.314 e. The molecule has 0 amide bonds. The van der Waals surface area contributed by atoms with Gasteiger partial charge in [-0.1, -0.05) is 29.3 Å². The fraction of sp³-hybridized carbons (Fsp3) is 0.412. The number of rotatable bonds is 3. The second-order valence-electron chi connectivity index (χ2n) is 5.75. The molecule has 2 aromatic rings. The minimum Gasteiger partial charge on any atom is -0.314 e. The molecular weight excluding hydrogens is 344 g/mol. The third-order valence-electron chi connectivity index (χ3n) is 3.94. The Morgan fingerprint density at radius 3 is 2.33 bits per heavy atom. The number of aryl methyl sites for hydroxylation is 2. The molecule has 1 aromatic carbocycles. The minimum absolute atomic E-state index is 0.377. The molecule has 112 valence electrons. The molecule has 1 aromatic heterocycles. The van der Waals surface area contributed by atoms with Crippen LogP contribution in [0.1, 0.15) is 27.6 Å². The molecule has 21 heavy (non-hydrogen) atoms. The third kappa shape index (κ3) is 3.57. The minimum atomic E-state index is 0.377. The van der Waals surface area contributed by atoms with Crippen LogP contribution < -0.4 is 5.32 Å². The number of hydrogen-bond donors (Lipinski definition) is 1. The van der Waals surface area contributed by atoms with Crippen molar-refractivity contribution in [1.29, 1.82) is 0 Å². The van der Waals surface area contributed by atoms with E-state index in [4.69, 9.17) is 0 Å². The number of halogens is 1. The molecule has 1 aliphatic heterocycles. The van der Waals surface area contributed by atoms with Crippen LogP contribution in [0.5, 0.6) is 0 Å². The monoisotopic (exact) mass is 364 g/mol. The summed E-state index contributed by atoms with van der Waals surface area (Å²) in [4.78, 5) is 4.02. The van der Waals surface area contributed by atoms with Gasteiger partial charge in [0.25, 0.3) is 0 Å². The van der Waals surface area contributed by atoms with E-state index in [-0.39, 0.29) is 0 Å². The summed E-state index contributed by atoms with van der Waals surface area (Å²) in [5.41, 5.74) is 4.12. The van der Waals surface area contributed by atoms with E-state index in [1.165, 1.54) is 25.4 Å². The summed E-state index contributed by atoms with van der Waals surface area (Å²) in [7, 11) is 0. The molecule has 0 saturated carbocycles. The third-order valence-corrected chi connectivity index (χ3v) is 5.62. The first kappa shape index (κ1) is 15.2. The van der Waals surface area contributed by atoms with Gasteiger partial charge in [0.15, 0.2) is 0 Å². The van der Waals surface area contributed by atoms with Crippen LogP contribution in [0.25, 0.3) is 0 Å². The average molecular weight is 365 g/mol. The smallest absolute Gasteiger partial charge is 0.0702 e. The van der Waals surface area contributed by atoms with Crippen molar-refractivity contribution in [3.05, 3.63) is 55.7 Å². The van der Waals surface area contributed by atoms with E-state index < -0.39 is 0 Å². The zero-order valence-corrected chi connectivity index (χ0v) is 14.9. The lowest BCUT2D eigenvalue weighted by Gasteiger charge is -2.35. The maximum atomic E-state index is 3.61. The van der Waals surface area contributed by atoms with E-state index >= 15 is 0 Å². The van der Waals surface area contributed by atoms with Crippen molar-refractivity contribution in [2.75, 3.05) is 26.2 Å². The molecule has 1 N–H and O–H groups in total. The number of thiophene rings is 1. The highest BCUT2D eigenvalue weighted by atomic mass is 79.9. The Balaban J connectivity index is 2.02. The highest BCUT2D eigenvalue weighted by molar-refractivity contribution is 9.11. The van der Waals surface area contributed by atoms with Gasteiger partial charge in [0, 0.05) is 31.1 Å². The topological polar surface area (TPSA) is 15.3 Å². The Kier molecular flexibility index (Phi) is 4.79. The van der Waals surface area contributed by atoms with Crippen molar-refractivity contribution < 1.29 is 0 Å². The van der Waals surface area contributed by atoms with Gasteiger partial charge in [-0.05, 0) is 47.5 Å². The van der Waals surface area contributed by atoms with Gasteiger partial charge in [0.2, 0.25) is 0 Å². The van der Waals surface area contributed by atoms with Crippen LogP contribution >= 0.6 is 27.3 Å². The van der Waals surface area contributed by atoms with Gasteiger partial charge in [-0.3, -0.25) is 4.90 Å². The van der Waals surface area contributed by atoms with Crippen LogP contribution in [0.2, 0.25) is 0 Å². The molecular formula is C17H21BrN2S. The normalized spacial score (nSPS) is 17.9. The van der Waals surface area contributed by atoms with E-state index in [0.29, 0.717) is 6.04 Å². The molecule has 0 radical (unpaired) electrons. The van der Waals surface area contributed by atoms with Gasteiger partial charge in [-0.2, -0.15) is 0 Å². The van der Waals surface area contributed by atoms with Gasteiger partial charge in [-0.15, -0.1) is 11.3 Å². The molecule has 1 saturated heterocycles. The summed E-state index contributed by atoms with van der Waals surface area (Å²) in [6.07, 6.45) is 0. The van der Waals surface area contributed by atoms with Gasteiger partial charge in [-0.25, -0.2) is 0 Å². The van der Waals surface area contributed by atoms with E-state index in [2.05, 4.69) is 70.3 Å². The Labute approximate surface area is 139 Å². The Hall–Kier alpha value is -0.680. The van der Waals surface area contributed by atoms with Crippen molar-refractivity contribution in [2.24, 2.45) is 0 Å². The molecule has 0 bridgehead atoms. The molecule has 0 aliphatic carbocycles. The maximum absolute atomic E-state index is 3.61. The van der Waals surface area contributed by atoms with Crippen molar-refractivity contribution in [3.63, 3.8) is 0 Å².